The van der Waals surface area contributed by atoms with Crippen molar-refractivity contribution in [1.29, 1.82) is 0 Å². The molecule has 0 saturated heterocycles. The second kappa shape index (κ2) is 12.0. The Bertz CT molecular complexity index is 1030. The van der Waals surface area contributed by atoms with E-state index in [0.717, 1.165) is 30.2 Å². The van der Waals surface area contributed by atoms with Crippen molar-refractivity contribution in [2.75, 3.05) is 6.61 Å². The zero-order valence-electron chi connectivity index (χ0n) is 17.6. The lowest BCUT2D eigenvalue weighted by Crippen LogP contribution is -1.96. The van der Waals surface area contributed by atoms with Crippen molar-refractivity contribution in [3.05, 3.63) is 84.2 Å². The summed E-state index contributed by atoms with van der Waals surface area (Å²) in [4.78, 5) is 3.36. The fraction of sp³-hybridized carbons (Fsp3) is 0.240. The molecule has 0 saturated carbocycles. The van der Waals surface area contributed by atoms with E-state index < -0.39 is 0 Å². The zero-order valence-corrected chi connectivity index (χ0v) is 17.6. The molecule has 3 aromatic rings. The monoisotopic (exact) mass is 411 g/mol. The van der Waals surface area contributed by atoms with Crippen molar-refractivity contribution in [1.82, 2.24) is 0 Å². The molecule has 0 heterocycles. The van der Waals surface area contributed by atoms with E-state index in [0.29, 0.717) is 17.1 Å². The number of unbranched alkanes of at least 4 members (excludes halogenated alkanes) is 3. The molecule has 156 valence electrons. The Hall–Kier alpha value is -3.85. The number of ether oxygens (including phenoxy) is 1. The van der Waals surface area contributed by atoms with Crippen LogP contribution in [0.3, 0.4) is 0 Å². The lowest BCUT2D eigenvalue weighted by molar-refractivity contribution is 0.305. The summed E-state index contributed by atoms with van der Waals surface area (Å²) >= 11 is 0. The molecule has 0 aliphatic carbocycles. The smallest absolute Gasteiger partial charge is 0.187 e. The summed E-state index contributed by atoms with van der Waals surface area (Å²) in [5.74, 6) is 0.855. The normalized spacial score (nSPS) is 11.1. The molecule has 6 nitrogen and oxygen atoms in total. The molecule has 0 aromatic heterocycles. The Morgan fingerprint density at radius 2 is 1.10 bits per heavy atom. The van der Waals surface area contributed by atoms with E-state index >= 15 is 0 Å². The van der Waals surface area contributed by atoms with Gasteiger partial charge in [-0.1, -0.05) is 38.3 Å². The summed E-state index contributed by atoms with van der Waals surface area (Å²) in [6.45, 7) is 9.91. The quantitative estimate of drug-likeness (QED) is 0.186. The molecule has 0 aliphatic rings. The predicted molar refractivity (Wildman–Crippen MR) is 124 cm³/mol. The minimum atomic E-state index is 0.582. The van der Waals surface area contributed by atoms with Crippen LogP contribution in [0, 0.1) is 6.57 Å². The minimum absolute atomic E-state index is 0.582. The van der Waals surface area contributed by atoms with Crippen LogP contribution < -0.4 is 4.74 Å². The van der Waals surface area contributed by atoms with Gasteiger partial charge in [-0.2, -0.15) is 20.5 Å². The lowest BCUT2D eigenvalue weighted by atomic mass is 10.2. The van der Waals surface area contributed by atoms with Crippen LogP contribution in [0.4, 0.5) is 28.4 Å². The highest BCUT2D eigenvalue weighted by Gasteiger charge is 1.97. The molecule has 0 atom stereocenters. The van der Waals surface area contributed by atoms with Gasteiger partial charge in [0.25, 0.3) is 0 Å². The van der Waals surface area contributed by atoms with Crippen molar-refractivity contribution in [3.8, 4) is 5.75 Å². The third-order valence-corrected chi connectivity index (χ3v) is 4.49. The Balaban J connectivity index is 1.50. The Labute approximate surface area is 183 Å². The molecule has 0 amide bonds. The fourth-order valence-corrected chi connectivity index (χ4v) is 2.74. The molecule has 0 aliphatic heterocycles. The molecule has 6 heteroatoms. The first kappa shape index (κ1) is 21.8. The van der Waals surface area contributed by atoms with Gasteiger partial charge < -0.3 is 4.74 Å². The van der Waals surface area contributed by atoms with E-state index in [1.807, 2.05) is 48.5 Å². The standard InChI is InChI=1S/C25H25N5O/c1-3-4-5-6-19-31-25-17-15-24(16-18-25)30-29-23-13-11-22(12-14-23)28-27-21-9-7-20(26-2)8-10-21/h7-18H,3-6,19H2,1H3. The minimum Gasteiger partial charge on any atom is -0.494 e. The van der Waals surface area contributed by atoms with Gasteiger partial charge in [-0.05, 0) is 67.1 Å². The topological polar surface area (TPSA) is 63.0 Å². The van der Waals surface area contributed by atoms with Crippen LogP contribution in [0.15, 0.2) is 93.3 Å². The molecule has 3 rings (SSSR count). The van der Waals surface area contributed by atoms with Gasteiger partial charge in [-0.3, -0.25) is 0 Å². The van der Waals surface area contributed by atoms with Crippen molar-refractivity contribution < 1.29 is 4.74 Å². The number of rotatable bonds is 10. The summed E-state index contributed by atoms with van der Waals surface area (Å²) in [6, 6.07) is 22.0. The van der Waals surface area contributed by atoms with Gasteiger partial charge in [0.1, 0.15) is 5.75 Å². The summed E-state index contributed by atoms with van der Waals surface area (Å²) in [5, 5.41) is 16.9. The average Bonchev–Trinajstić information content (AvgIpc) is 2.83. The van der Waals surface area contributed by atoms with Crippen LogP contribution in [0.1, 0.15) is 32.6 Å². The highest BCUT2D eigenvalue weighted by molar-refractivity contribution is 5.52. The lowest BCUT2D eigenvalue weighted by Gasteiger charge is -2.05. The van der Waals surface area contributed by atoms with Gasteiger partial charge in [0.15, 0.2) is 5.69 Å². The van der Waals surface area contributed by atoms with Crippen molar-refractivity contribution in [2.24, 2.45) is 20.5 Å². The summed E-state index contributed by atoms with van der Waals surface area (Å²) in [7, 11) is 0. The van der Waals surface area contributed by atoms with Crippen LogP contribution in [0.5, 0.6) is 5.75 Å². The molecule has 3 aromatic carbocycles. The number of hydrogen-bond acceptors (Lipinski definition) is 5. The second-order valence-corrected chi connectivity index (χ2v) is 6.95. The summed E-state index contributed by atoms with van der Waals surface area (Å²) < 4.78 is 5.75. The molecule has 0 unspecified atom stereocenters. The second-order valence-electron chi connectivity index (χ2n) is 6.95. The first-order chi connectivity index (χ1) is 15.3. The van der Waals surface area contributed by atoms with Gasteiger partial charge in [0.2, 0.25) is 0 Å². The molecule has 0 bridgehead atoms. The molecule has 0 radical (unpaired) electrons. The van der Waals surface area contributed by atoms with Crippen LogP contribution in [0.25, 0.3) is 4.85 Å². The van der Waals surface area contributed by atoms with Crippen molar-refractivity contribution >= 4 is 28.4 Å². The molecule has 0 spiro atoms. The van der Waals surface area contributed by atoms with E-state index in [1.54, 1.807) is 24.3 Å². The maximum absolute atomic E-state index is 6.96. The third kappa shape index (κ3) is 7.48. The van der Waals surface area contributed by atoms with E-state index in [4.69, 9.17) is 11.3 Å². The van der Waals surface area contributed by atoms with E-state index in [9.17, 15) is 0 Å². The van der Waals surface area contributed by atoms with Gasteiger partial charge >= 0.3 is 0 Å². The number of nitrogens with zero attached hydrogens (tertiary/aromatic N) is 5. The van der Waals surface area contributed by atoms with Gasteiger partial charge in [0.05, 0.1) is 35.9 Å². The van der Waals surface area contributed by atoms with Crippen molar-refractivity contribution in [2.45, 2.75) is 32.6 Å². The average molecular weight is 412 g/mol. The van der Waals surface area contributed by atoms with Crippen LogP contribution >= 0.6 is 0 Å². The number of hydrogen-bond donors (Lipinski definition) is 0. The summed E-state index contributed by atoms with van der Waals surface area (Å²) in [5.41, 5.74) is 3.50. The molecule has 0 fully saturated rings. The number of benzene rings is 3. The fourth-order valence-electron chi connectivity index (χ4n) is 2.74. The largest absolute Gasteiger partial charge is 0.494 e. The first-order valence-electron chi connectivity index (χ1n) is 10.4. The summed E-state index contributed by atoms with van der Waals surface area (Å²) in [6.07, 6.45) is 4.77. The Kier molecular flexibility index (Phi) is 8.45. The maximum atomic E-state index is 6.96. The SMILES string of the molecule is [C-]#[N+]c1ccc(N=Nc2ccc(N=Nc3ccc(OCCCCCC)cc3)cc2)cc1. The molecule has 31 heavy (non-hydrogen) atoms. The van der Waals surface area contributed by atoms with Gasteiger partial charge in [-0.25, -0.2) is 4.85 Å². The molecular formula is C25H25N5O. The van der Waals surface area contributed by atoms with E-state index in [2.05, 4.69) is 32.2 Å². The zero-order chi connectivity index (χ0) is 21.7. The Morgan fingerprint density at radius 1 is 0.645 bits per heavy atom. The maximum Gasteiger partial charge on any atom is 0.187 e. The van der Waals surface area contributed by atoms with Crippen LogP contribution in [-0.2, 0) is 0 Å². The van der Waals surface area contributed by atoms with Gasteiger partial charge in [-0.15, -0.1) is 0 Å². The highest BCUT2D eigenvalue weighted by Crippen LogP contribution is 2.25. The van der Waals surface area contributed by atoms with Crippen LogP contribution in [-0.4, -0.2) is 6.61 Å². The van der Waals surface area contributed by atoms with E-state index in [1.165, 1.54) is 19.3 Å². The van der Waals surface area contributed by atoms with Crippen LogP contribution in [0.2, 0.25) is 0 Å². The Morgan fingerprint density at radius 3 is 1.55 bits per heavy atom. The first-order valence-corrected chi connectivity index (χ1v) is 10.4. The van der Waals surface area contributed by atoms with E-state index in [-0.39, 0.29) is 0 Å². The number of azo groups is 2. The predicted octanol–water partition coefficient (Wildman–Crippen LogP) is 9.03. The van der Waals surface area contributed by atoms with Crippen molar-refractivity contribution in [3.63, 3.8) is 0 Å². The third-order valence-electron chi connectivity index (χ3n) is 4.49. The molecular weight excluding hydrogens is 386 g/mol. The highest BCUT2D eigenvalue weighted by atomic mass is 16.5. The van der Waals surface area contributed by atoms with Gasteiger partial charge in [0, 0.05) is 0 Å². The molecule has 0 N–H and O–H groups in total.